The Hall–Kier alpha value is -7.93. The third kappa shape index (κ3) is 18.3. The first kappa shape index (κ1) is 64.5. The van der Waals surface area contributed by atoms with Crippen LogP contribution in [0.25, 0.3) is 0 Å². The Morgan fingerprint density at radius 1 is 0.398 bits per heavy atom. The van der Waals surface area contributed by atoms with Crippen molar-refractivity contribution < 1.29 is 85.2 Å². The van der Waals surface area contributed by atoms with Crippen LogP contribution >= 0.6 is 11.8 Å². The Labute approximate surface area is 514 Å². The van der Waals surface area contributed by atoms with Gasteiger partial charge in [-0.15, -0.1) is 0 Å². The molecule has 3 fully saturated rings. The van der Waals surface area contributed by atoms with Crippen molar-refractivity contribution in [2.24, 2.45) is 0 Å². The molecule has 3 aliphatic rings. The Morgan fingerprint density at radius 2 is 0.750 bits per heavy atom. The highest BCUT2D eigenvalue weighted by Crippen LogP contribution is 2.40. The summed E-state index contributed by atoms with van der Waals surface area (Å²) in [6.07, 6.45) is -13.3. The summed E-state index contributed by atoms with van der Waals surface area (Å²) in [7, 11) is 0. The van der Waals surface area contributed by atoms with Gasteiger partial charge in [0.05, 0.1) is 26.4 Å². The molecule has 0 spiro atoms. The number of para-hydroxylation sites is 3. The van der Waals surface area contributed by atoms with Gasteiger partial charge in [0, 0.05) is 56.6 Å². The van der Waals surface area contributed by atoms with Crippen molar-refractivity contribution >= 4 is 58.7 Å². The molecule has 6 aromatic rings. The summed E-state index contributed by atoms with van der Waals surface area (Å²) in [6.45, 7) is 5.10. The molecular formula is C66H72FN3O17S. The Balaban J connectivity index is 1.12. The minimum atomic E-state index is -1.40. The molecule has 0 saturated carbocycles. The van der Waals surface area contributed by atoms with E-state index in [1.54, 1.807) is 36.4 Å². The number of carbonyl (C=O) groups is 5. The van der Waals surface area contributed by atoms with E-state index in [9.17, 15) is 28.4 Å². The molecule has 3 heterocycles. The van der Waals surface area contributed by atoms with Crippen LogP contribution in [0.5, 0.6) is 0 Å². The average molecular weight is 1230 g/mol. The van der Waals surface area contributed by atoms with E-state index in [2.05, 4.69) is 16.0 Å². The summed E-state index contributed by atoms with van der Waals surface area (Å²) in [5.74, 6) is -3.81. The lowest BCUT2D eigenvalue weighted by molar-refractivity contribution is -0.309. The Morgan fingerprint density at radius 3 is 1.16 bits per heavy atom. The maximum Gasteiger partial charge on any atom is 0.303 e. The van der Waals surface area contributed by atoms with E-state index >= 15 is 0 Å². The number of anilines is 3. The van der Waals surface area contributed by atoms with Gasteiger partial charge in [-0.1, -0.05) is 127 Å². The summed E-state index contributed by atoms with van der Waals surface area (Å²) in [5, 5.41) is 10.4. The number of carbonyl (C=O) groups excluding carboxylic acids is 5. The fourth-order valence-corrected chi connectivity index (χ4v) is 11.8. The van der Waals surface area contributed by atoms with Gasteiger partial charge < -0.3 is 72.8 Å². The number of ether oxygens (including phenoxy) is 12. The lowest BCUT2D eigenvalue weighted by Gasteiger charge is -2.49. The molecule has 0 aromatic heterocycles. The topological polar surface area (TPSA) is 232 Å². The highest BCUT2D eigenvalue weighted by atomic mass is 32.2. The zero-order valence-corrected chi connectivity index (χ0v) is 50.0. The Bertz CT molecular complexity index is 3170. The smallest absolute Gasteiger partial charge is 0.303 e. The quantitative estimate of drug-likeness (QED) is 0.0339. The van der Waals surface area contributed by atoms with Crippen molar-refractivity contribution in [3.05, 3.63) is 193 Å². The molecule has 9 rings (SSSR count). The molecule has 3 aliphatic heterocycles. The molecule has 15 atom stereocenters. The lowest BCUT2D eigenvalue weighted by atomic mass is 9.94. The number of hydrogen-bond donors (Lipinski definition) is 3. The lowest BCUT2D eigenvalue weighted by Crippen LogP contribution is -2.66. The fraction of sp³-hybridized carbons (Fsp3) is 0.379. The first-order chi connectivity index (χ1) is 42.6. The molecule has 6 aromatic carbocycles. The number of nitrogens with one attached hydrogen (secondary N) is 3. The summed E-state index contributed by atoms with van der Waals surface area (Å²) >= 11 is 1.28. The summed E-state index contributed by atoms with van der Waals surface area (Å²) in [4.78, 5) is 65.8. The standard InChI is InChI=1S/C66H72FN3O17S/c1-40(71)76-37-54-60(81-41(2)72)62(83-43(4)74)56(69-49-27-17-9-18-28-49)65(86-54)79-38-52-58(77-35-45-21-11-6-12-22-45)61(82-42(3)73)55(68-48-25-15-8-16-26-48)64(85-52)80-39-53-59(78-36-46-23-13-7-14-24-46)63(84-44(5)75)57(70-50-29-19-10-20-30-50)66(87-53)88-51-33-31-47(67)32-34-51/h6-34,52-66,68-70H,35-39H2,1-5H3. The van der Waals surface area contributed by atoms with Gasteiger partial charge in [0.1, 0.15) is 66.5 Å². The summed E-state index contributed by atoms with van der Waals surface area (Å²) < 4.78 is 92.6. The maximum absolute atomic E-state index is 14.4. The van der Waals surface area contributed by atoms with Gasteiger partial charge in [-0.3, -0.25) is 24.0 Å². The third-order valence-corrected chi connectivity index (χ3v) is 15.6. The zero-order valence-electron chi connectivity index (χ0n) is 49.2. The normalized spacial score (nSPS) is 26.7. The summed E-state index contributed by atoms with van der Waals surface area (Å²) in [5.41, 5.74) is 2.58. The molecule has 0 aliphatic carbocycles. The number of rotatable bonds is 26. The van der Waals surface area contributed by atoms with Crippen LogP contribution in [-0.4, -0.2) is 141 Å². The molecule has 88 heavy (non-hydrogen) atoms. The predicted octanol–water partition coefficient (Wildman–Crippen LogP) is 9.03. The van der Waals surface area contributed by atoms with E-state index < -0.39 is 140 Å². The number of hydrogen-bond acceptors (Lipinski definition) is 21. The molecule has 0 radical (unpaired) electrons. The fourth-order valence-electron chi connectivity index (χ4n) is 10.6. The second-order valence-corrected chi connectivity index (χ2v) is 22.3. The van der Waals surface area contributed by atoms with Crippen LogP contribution in [0.1, 0.15) is 45.7 Å². The summed E-state index contributed by atoms with van der Waals surface area (Å²) in [6, 6.07) is 49.2. The van der Waals surface area contributed by atoms with Crippen LogP contribution in [-0.2, 0) is 94.0 Å². The van der Waals surface area contributed by atoms with Crippen LogP contribution in [0.2, 0.25) is 0 Å². The largest absolute Gasteiger partial charge is 0.463 e. The van der Waals surface area contributed by atoms with E-state index in [-0.39, 0.29) is 19.8 Å². The van der Waals surface area contributed by atoms with Crippen LogP contribution in [0.4, 0.5) is 21.5 Å². The van der Waals surface area contributed by atoms with E-state index in [1.165, 1.54) is 58.5 Å². The van der Waals surface area contributed by atoms with Crippen molar-refractivity contribution in [2.45, 2.75) is 144 Å². The van der Waals surface area contributed by atoms with Crippen molar-refractivity contribution in [3.8, 4) is 0 Å². The maximum atomic E-state index is 14.4. The molecule has 466 valence electrons. The predicted molar refractivity (Wildman–Crippen MR) is 321 cm³/mol. The SMILES string of the molecule is CC(=O)OCC1OC(OCC2OC(OCC3OC(Sc4ccc(F)cc4)C(Nc4ccccc4)C(OC(C)=O)C3OCc3ccccc3)C(Nc3ccccc3)C(OC(C)=O)C2OCc2ccccc2)C(Nc2ccccc2)C(OC(C)=O)C1OC(C)=O. The van der Waals surface area contributed by atoms with Gasteiger partial charge in [-0.25, -0.2) is 4.39 Å². The number of esters is 5. The zero-order chi connectivity index (χ0) is 61.9. The average Bonchev–Trinajstić information content (AvgIpc) is 2.31. The van der Waals surface area contributed by atoms with Crippen molar-refractivity contribution in [1.29, 1.82) is 0 Å². The van der Waals surface area contributed by atoms with Crippen molar-refractivity contribution in [2.75, 3.05) is 35.8 Å². The third-order valence-electron chi connectivity index (χ3n) is 14.4. The van der Waals surface area contributed by atoms with E-state index in [0.29, 0.717) is 22.0 Å². The van der Waals surface area contributed by atoms with Crippen molar-refractivity contribution in [1.82, 2.24) is 0 Å². The second kappa shape index (κ2) is 31.8. The number of benzene rings is 6. The number of thioether (sulfide) groups is 1. The minimum Gasteiger partial charge on any atom is -0.463 e. The Kier molecular flexibility index (Phi) is 23.3. The molecule has 15 unspecified atom stereocenters. The molecule has 0 bridgehead atoms. The minimum absolute atomic E-state index is 0.00700. The van der Waals surface area contributed by atoms with Crippen molar-refractivity contribution in [3.63, 3.8) is 0 Å². The van der Waals surface area contributed by atoms with Crippen LogP contribution in [0.3, 0.4) is 0 Å². The molecule has 22 heteroatoms. The van der Waals surface area contributed by atoms with E-state index in [0.717, 1.165) is 11.1 Å². The first-order valence-corrected chi connectivity index (χ1v) is 29.7. The van der Waals surface area contributed by atoms with E-state index in [4.69, 9.17) is 56.8 Å². The molecule has 3 N–H and O–H groups in total. The van der Waals surface area contributed by atoms with Gasteiger partial charge in [0.15, 0.2) is 37.0 Å². The highest BCUT2D eigenvalue weighted by Gasteiger charge is 2.55. The van der Waals surface area contributed by atoms with Crippen LogP contribution < -0.4 is 16.0 Å². The van der Waals surface area contributed by atoms with Gasteiger partial charge in [0.25, 0.3) is 0 Å². The first-order valence-electron chi connectivity index (χ1n) is 28.8. The molecule has 3 saturated heterocycles. The van der Waals surface area contributed by atoms with Gasteiger partial charge in [-0.2, -0.15) is 0 Å². The molecule has 0 amide bonds. The highest BCUT2D eigenvalue weighted by molar-refractivity contribution is 7.99. The van der Waals surface area contributed by atoms with Crippen LogP contribution in [0.15, 0.2) is 181 Å². The van der Waals surface area contributed by atoms with Gasteiger partial charge >= 0.3 is 29.8 Å². The molecule has 20 nitrogen and oxygen atoms in total. The van der Waals surface area contributed by atoms with E-state index in [1.807, 2.05) is 127 Å². The van der Waals surface area contributed by atoms with Crippen LogP contribution in [0, 0.1) is 5.82 Å². The van der Waals surface area contributed by atoms with Gasteiger partial charge in [0.2, 0.25) is 0 Å². The second-order valence-electron chi connectivity index (χ2n) is 21.1. The molecular weight excluding hydrogens is 1160 g/mol. The monoisotopic (exact) mass is 1230 g/mol. The van der Waals surface area contributed by atoms with Gasteiger partial charge in [-0.05, 0) is 71.8 Å². The number of halogens is 1.